The Morgan fingerprint density at radius 2 is 1.62 bits per heavy atom. The summed E-state index contributed by atoms with van der Waals surface area (Å²) in [6, 6.07) is 13.9. The van der Waals surface area contributed by atoms with E-state index in [9.17, 15) is 4.79 Å². The summed E-state index contributed by atoms with van der Waals surface area (Å²) in [4.78, 5) is 14.9. The number of hydrogen-bond donors (Lipinski definition) is 1. The quantitative estimate of drug-likeness (QED) is 0.788. The van der Waals surface area contributed by atoms with Crippen molar-refractivity contribution in [2.24, 2.45) is 0 Å². The van der Waals surface area contributed by atoms with Crippen LogP contribution in [0.5, 0.6) is 11.5 Å². The SMILES string of the molecule is CCc1ccc(C(CNC(=O)c2c(OC)cccc2OC)N(C)C)cc1. The molecule has 140 valence electrons. The first-order chi connectivity index (χ1) is 12.5. The van der Waals surface area contributed by atoms with Crippen LogP contribution in [0.3, 0.4) is 0 Å². The first-order valence-corrected chi connectivity index (χ1v) is 8.76. The predicted octanol–water partition coefficient (Wildman–Crippen LogP) is 3.30. The lowest BCUT2D eigenvalue weighted by atomic mass is 10.0. The van der Waals surface area contributed by atoms with E-state index in [0.29, 0.717) is 23.6 Å². The highest BCUT2D eigenvalue weighted by atomic mass is 16.5. The van der Waals surface area contributed by atoms with Gasteiger partial charge in [0.15, 0.2) is 0 Å². The molecular formula is C21H28N2O3. The van der Waals surface area contributed by atoms with E-state index in [1.54, 1.807) is 32.4 Å². The van der Waals surface area contributed by atoms with Gasteiger partial charge in [-0.15, -0.1) is 0 Å². The van der Waals surface area contributed by atoms with E-state index in [2.05, 4.69) is 41.4 Å². The summed E-state index contributed by atoms with van der Waals surface area (Å²) in [5.41, 5.74) is 2.88. The number of carbonyl (C=O) groups excluding carboxylic acids is 1. The summed E-state index contributed by atoms with van der Waals surface area (Å²) in [6.45, 7) is 2.62. The first-order valence-electron chi connectivity index (χ1n) is 8.76. The minimum Gasteiger partial charge on any atom is -0.496 e. The topological polar surface area (TPSA) is 50.8 Å². The number of nitrogens with one attached hydrogen (secondary N) is 1. The summed E-state index contributed by atoms with van der Waals surface area (Å²) in [5.74, 6) is 0.780. The third-order valence-corrected chi connectivity index (χ3v) is 4.51. The fraction of sp³-hybridized carbons (Fsp3) is 0.381. The number of nitrogens with zero attached hydrogens (tertiary/aromatic N) is 1. The molecule has 26 heavy (non-hydrogen) atoms. The Morgan fingerprint density at radius 1 is 1.04 bits per heavy atom. The fourth-order valence-electron chi connectivity index (χ4n) is 2.93. The average molecular weight is 356 g/mol. The van der Waals surface area contributed by atoms with E-state index >= 15 is 0 Å². The van der Waals surface area contributed by atoms with Gasteiger partial charge in [0.05, 0.1) is 20.3 Å². The maximum atomic E-state index is 12.8. The minimum absolute atomic E-state index is 0.0746. The highest BCUT2D eigenvalue weighted by Crippen LogP contribution is 2.28. The van der Waals surface area contributed by atoms with Crippen LogP contribution in [-0.4, -0.2) is 45.7 Å². The molecule has 0 aliphatic carbocycles. The standard InChI is InChI=1S/C21H28N2O3/c1-6-15-10-12-16(13-11-15)17(23(2)3)14-22-21(24)20-18(25-4)8-7-9-19(20)26-5/h7-13,17H,6,14H2,1-5H3,(H,22,24). The van der Waals surface area contributed by atoms with Crippen LogP contribution in [0.4, 0.5) is 0 Å². The lowest BCUT2D eigenvalue weighted by Gasteiger charge is -2.25. The van der Waals surface area contributed by atoms with Crippen LogP contribution in [-0.2, 0) is 6.42 Å². The predicted molar refractivity (Wildman–Crippen MR) is 104 cm³/mol. The van der Waals surface area contributed by atoms with E-state index < -0.39 is 0 Å². The molecule has 5 nitrogen and oxygen atoms in total. The van der Waals surface area contributed by atoms with Crippen LogP contribution in [0.15, 0.2) is 42.5 Å². The molecule has 0 heterocycles. The van der Waals surface area contributed by atoms with Gasteiger partial charge in [-0.05, 0) is 43.8 Å². The third kappa shape index (κ3) is 4.55. The van der Waals surface area contributed by atoms with Crippen molar-refractivity contribution >= 4 is 5.91 Å². The Hall–Kier alpha value is -2.53. The van der Waals surface area contributed by atoms with Crippen molar-refractivity contribution in [2.45, 2.75) is 19.4 Å². The molecule has 0 fully saturated rings. The van der Waals surface area contributed by atoms with E-state index in [4.69, 9.17) is 9.47 Å². The monoisotopic (exact) mass is 356 g/mol. The molecule has 0 saturated carbocycles. The first kappa shape index (κ1) is 19.8. The Labute approximate surface area is 155 Å². The number of benzene rings is 2. The Morgan fingerprint density at radius 3 is 2.08 bits per heavy atom. The number of methoxy groups -OCH3 is 2. The number of amides is 1. The van der Waals surface area contributed by atoms with Gasteiger partial charge in [0.1, 0.15) is 17.1 Å². The van der Waals surface area contributed by atoms with Gasteiger partial charge in [-0.2, -0.15) is 0 Å². The van der Waals surface area contributed by atoms with Crippen LogP contribution >= 0.6 is 0 Å². The maximum absolute atomic E-state index is 12.8. The number of ether oxygens (including phenoxy) is 2. The van der Waals surface area contributed by atoms with Gasteiger partial charge in [-0.25, -0.2) is 0 Å². The van der Waals surface area contributed by atoms with Gasteiger partial charge in [0.25, 0.3) is 5.91 Å². The van der Waals surface area contributed by atoms with Gasteiger partial charge in [0.2, 0.25) is 0 Å². The van der Waals surface area contributed by atoms with Crippen molar-refractivity contribution in [1.82, 2.24) is 10.2 Å². The van der Waals surface area contributed by atoms with Crippen molar-refractivity contribution in [1.29, 1.82) is 0 Å². The smallest absolute Gasteiger partial charge is 0.258 e. The molecule has 2 aromatic rings. The Balaban J connectivity index is 2.17. The van der Waals surface area contributed by atoms with Gasteiger partial charge in [-0.1, -0.05) is 37.3 Å². The molecule has 1 amide bonds. The summed E-state index contributed by atoms with van der Waals surface area (Å²) in [5, 5.41) is 3.02. The van der Waals surface area contributed by atoms with Crippen molar-refractivity contribution in [3.63, 3.8) is 0 Å². The largest absolute Gasteiger partial charge is 0.496 e. The molecule has 1 N–H and O–H groups in total. The van der Waals surface area contributed by atoms with Crippen molar-refractivity contribution in [2.75, 3.05) is 34.9 Å². The number of aryl methyl sites for hydroxylation is 1. The highest BCUT2D eigenvalue weighted by molar-refractivity contribution is 5.99. The molecule has 1 unspecified atom stereocenters. The zero-order valence-electron chi connectivity index (χ0n) is 16.2. The zero-order chi connectivity index (χ0) is 19.1. The molecule has 1 atom stereocenters. The molecule has 2 rings (SSSR count). The van der Waals surface area contributed by atoms with Crippen LogP contribution in [0.2, 0.25) is 0 Å². The molecule has 0 bridgehead atoms. The molecule has 0 spiro atoms. The number of rotatable bonds is 8. The highest BCUT2D eigenvalue weighted by Gasteiger charge is 2.20. The zero-order valence-corrected chi connectivity index (χ0v) is 16.2. The second-order valence-corrected chi connectivity index (χ2v) is 6.32. The number of carbonyl (C=O) groups is 1. The second kappa shape index (κ2) is 9.25. The van der Waals surface area contributed by atoms with Crippen molar-refractivity contribution < 1.29 is 14.3 Å². The molecular weight excluding hydrogens is 328 g/mol. The van der Waals surface area contributed by atoms with Crippen LogP contribution < -0.4 is 14.8 Å². The minimum atomic E-state index is -0.212. The van der Waals surface area contributed by atoms with Crippen molar-refractivity contribution in [3.05, 3.63) is 59.2 Å². The number of hydrogen-bond acceptors (Lipinski definition) is 4. The van der Waals surface area contributed by atoms with Crippen LogP contribution in [0, 0.1) is 0 Å². The second-order valence-electron chi connectivity index (χ2n) is 6.32. The van der Waals surface area contributed by atoms with E-state index in [-0.39, 0.29) is 11.9 Å². The molecule has 0 radical (unpaired) electrons. The molecule has 2 aromatic carbocycles. The molecule has 5 heteroatoms. The average Bonchev–Trinajstić information content (AvgIpc) is 2.67. The van der Waals surface area contributed by atoms with Crippen LogP contribution in [0.1, 0.15) is 34.5 Å². The Kier molecular flexibility index (Phi) is 7.04. The van der Waals surface area contributed by atoms with Crippen LogP contribution in [0.25, 0.3) is 0 Å². The lowest BCUT2D eigenvalue weighted by molar-refractivity contribution is 0.0935. The molecule has 0 aromatic heterocycles. The Bertz CT molecular complexity index is 704. The van der Waals surface area contributed by atoms with Gasteiger partial charge < -0.3 is 19.7 Å². The van der Waals surface area contributed by atoms with E-state index in [1.165, 1.54) is 11.1 Å². The number of likely N-dealkylation sites (N-methyl/N-ethyl adjacent to an activating group) is 1. The maximum Gasteiger partial charge on any atom is 0.258 e. The lowest BCUT2D eigenvalue weighted by Crippen LogP contribution is -2.34. The summed E-state index contributed by atoms with van der Waals surface area (Å²) in [6.07, 6.45) is 1.01. The third-order valence-electron chi connectivity index (χ3n) is 4.51. The van der Waals surface area contributed by atoms with Gasteiger partial charge in [0, 0.05) is 6.54 Å². The molecule has 0 aliphatic heterocycles. The molecule has 0 saturated heterocycles. The van der Waals surface area contributed by atoms with E-state index in [1.807, 2.05) is 14.1 Å². The fourth-order valence-corrected chi connectivity index (χ4v) is 2.93. The van der Waals surface area contributed by atoms with Gasteiger partial charge >= 0.3 is 0 Å². The molecule has 0 aliphatic rings. The normalized spacial score (nSPS) is 11.9. The summed E-state index contributed by atoms with van der Waals surface area (Å²) < 4.78 is 10.6. The summed E-state index contributed by atoms with van der Waals surface area (Å²) in [7, 11) is 7.11. The van der Waals surface area contributed by atoms with Gasteiger partial charge in [-0.3, -0.25) is 4.79 Å². The van der Waals surface area contributed by atoms with E-state index in [0.717, 1.165) is 6.42 Å². The summed E-state index contributed by atoms with van der Waals surface area (Å²) >= 11 is 0. The van der Waals surface area contributed by atoms with Crippen molar-refractivity contribution in [3.8, 4) is 11.5 Å².